The van der Waals surface area contributed by atoms with Crippen molar-refractivity contribution in [2.75, 3.05) is 0 Å². The number of H-pyrrole nitrogens is 1. The highest BCUT2D eigenvalue weighted by Gasteiger charge is 2.07. The van der Waals surface area contributed by atoms with Gasteiger partial charge in [0.2, 0.25) is 4.77 Å². The lowest BCUT2D eigenvalue weighted by Gasteiger charge is -1.99. The van der Waals surface area contributed by atoms with E-state index in [1.807, 2.05) is 6.21 Å². The Bertz CT molecular complexity index is 884. The van der Waals surface area contributed by atoms with Crippen molar-refractivity contribution in [3.63, 3.8) is 0 Å². The summed E-state index contributed by atoms with van der Waals surface area (Å²) in [5, 5.41) is 12.9. The smallest absolute Gasteiger partial charge is 0.216 e. The fourth-order valence-electron chi connectivity index (χ4n) is 2.70. The molecule has 2 heterocycles. The summed E-state index contributed by atoms with van der Waals surface area (Å²) < 4.78 is 4.48. The third-order valence-electron chi connectivity index (χ3n) is 3.94. The standard InChI is InChI=1S/C17H21N5S/c1-3-5-10-16-19-20-17(23)22(16)18-11-13-12-21(4-2)15-9-7-6-8-14(13)15/h6-9,11-12H,3-5,10H2,1-2H3,(H,20,23)/b18-11-. The molecule has 1 aromatic carbocycles. The number of fused-ring (bicyclic) bond motifs is 1. The predicted molar refractivity (Wildman–Crippen MR) is 96.6 cm³/mol. The van der Waals surface area contributed by atoms with Gasteiger partial charge in [0, 0.05) is 35.6 Å². The van der Waals surface area contributed by atoms with Gasteiger partial charge in [0.05, 0.1) is 6.21 Å². The van der Waals surface area contributed by atoms with Crippen molar-refractivity contribution in [2.45, 2.75) is 39.7 Å². The summed E-state index contributed by atoms with van der Waals surface area (Å²) in [6.45, 7) is 5.23. The van der Waals surface area contributed by atoms with E-state index in [1.54, 1.807) is 4.68 Å². The number of unbranched alkanes of at least 4 members (excludes halogenated alkanes) is 1. The Morgan fingerprint density at radius 3 is 2.91 bits per heavy atom. The van der Waals surface area contributed by atoms with Crippen molar-refractivity contribution in [2.24, 2.45) is 5.10 Å². The molecule has 6 heteroatoms. The highest BCUT2D eigenvalue weighted by molar-refractivity contribution is 7.71. The maximum atomic E-state index is 5.29. The van der Waals surface area contributed by atoms with E-state index in [1.165, 1.54) is 10.9 Å². The second-order valence-corrected chi connectivity index (χ2v) is 5.88. The van der Waals surface area contributed by atoms with Crippen LogP contribution in [0.4, 0.5) is 0 Å². The molecule has 3 rings (SSSR count). The first-order valence-corrected chi connectivity index (χ1v) is 8.44. The van der Waals surface area contributed by atoms with E-state index >= 15 is 0 Å². The Hall–Kier alpha value is -2.21. The topological polar surface area (TPSA) is 50.9 Å². The average molecular weight is 327 g/mol. The highest BCUT2D eigenvalue weighted by Crippen LogP contribution is 2.20. The monoisotopic (exact) mass is 327 g/mol. The lowest BCUT2D eigenvalue weighted by atomic mass is 10.2. The van der Waals surface area contributed by atoms with Gasteiger partial charge in [-0.15, -0.1) is 0 Å². The molecule has 0 aliphatic carbocycles. The molecular weight excluding hydrogens is 306 g/mol. The summed E-state index contributed by atoms with van der Waals surface area (Å²) in [5.41, 5.74) is 2.31. The highest BCUT2D eigenvalue weighted by atomic mass is 32.1. The number of aromatic nitrogens is 4. The van der Waals surface area contributed by atoms with E-state index in [0.29, 0.717) is 4.77 Å². The molecule has 0 aliphatic rings. The van der Waals surface area contributed by atoms with Crippen molar-refractivity contribution in [3.05, 3.63) is 46.6 Å². The maximum Gasteiger partial charge on any atom is 0.216 e. The Labute approximate surface area is 140 Å². The third kappa shape index (κ3) is 3.12. The summed E-state index contributed by atoms with van der Waals surface area (Å²) >= 11 is 5.29. The molecule has 2 aromatic heterocycles. The number of nitrogens with zero attached hydrogens (tertiary/aromatic N) is 4. The van der Waals surface area contributed by atoms with Crippen molar-refractivity contribution in [1.29, 1.82) is 0 Å². The van der Waals surface area contributed by atoms with Gasteiger partial charge in [0.15, 0.2) is 5.82 Å². The third-order valence-corrected chi connectivity index (χ3v) is 4.21. The molecule has 3 aromatic rings. The number of benzene rings is 1. The molecule has 0 fully saturated rings. The van der Waals surface area contributed by atoms with Crippen LogP contribution in [-0.2, 0) is 13.0 Å². The van der Waals surface area contributed by atoms with Crippen LogP contribution in [0.5, 0.6) is 0 Å². The second-order valence-electron chi connectivity index (χ2n) is 5.49. The van der Waals surface area contributed by atoms with Crippen LogP contribution in [0.2, 0.25) is 0 Å². The molecule has 0 aliphatic heterocycles. The first-order valence-electron chi connectivity index (χ1n) is 8.03. The minimum atomic E-state index is 0.534. The molecule has 0 atom stereocenters. The van der Waals surface area contributed by atoms with Crippen LogP contribution in [0.3, 0.4) is 0 Å². The number of hydrogen-bond acceptors (Lipinski definition) is 3. The molecule has 1 N–H and O–H groups in total. The molecule has 0 amide bonds. The van der Waals surface area contributed by atoms with Crippen molar-refractivity contribution < 1.29 is 0 Å². The van der Waals surface area contributed by atoms with Gasteiger partial charge < -0.3 is 4.57 Å². The van der Waals surface area contributed by atoms with Gasteiger partial charge in [-0.2, -0.15) is 14.9 Å². The summed E-state index contributed by atoms with van der Waals surface area (Å²) in [4.78, 5) is 0. The van der Waals surface area contributed by atoms with Gasteiger partial charge in [-0.25, -0.2) is 0 Å². The molecule has 0 saturated heterocycles. The van der Waals surface area contributed by atoms with Crippen LogP contribution in [0.15, 0.2) is 35.6 Å². The molecular formula is C17H21N5S. The van der Waals surface area contributed by atoms with E-state index < -0.39 is 0 Å². The van der Waals surface area contributed by atoms with Crippen LogP contribution in [0.25, 0.3) is 10.9 Å². The van der Waals surface area contributed by atoms with Crippen LogP contribution in [0.1, 0.15) is 38.1 Å². The first-order chi connectivity index (χ1) is 11.2. The largest absolute Gasteiger partial charge is 0.347 e. The van der Waals surface area contributed by atoms with Gasteiger partial charge >= 0.3 is 0 Å². The first kappa shape index (κ1) is 15.7. The number of rotatable bonds is 6. The molecule has 0 spiro atoms. The number of aryl methyl sites for hydroxylation is 2. The number of para-hydroxylation sites is 1. The van der Waals surface area contributed by atoms with Crippen LogP contribution in [0, 0.1) is 4.77 Å². The molecule has 0 radical (unpaired) electrons. The van der Waals surface area contributed by atoms with E-state index in [0.717, 1.165) is 37.2 Å². The van der Waals surface area contributed by atoms with E-state index in [4.69, 9.17) is 12.2 Å². The minimum absolute atomic E-state index is 0.534. The Kier molecular flexibility index (Phi) is 4.71. The van der Waals surface area contributed by atoms with Crippen LogP contribution in [-0.4, -0.2) is 25.7 Å². The zero-order valence-corrected chi connectivity index (χ0v) is 14.3. The number of aromatic amines is 1. The molecule has 5 nitrogen and oxygen atoms in total. The molecule has 120 valence electrons. The van der Waals surface area contributed by atoms with Gasteiger partial charge in [-0.05, 0) is 31.6 Å². The predicted octanol–water partition coefficient (Wildman–Crippen LogP) is 4.14. The van der Waals surface area contributed by atoms with E-state index in [2.05, 4.69) is 64.2 Å². The second kappa shape index (κ2) is 6.91. The number of hydrogen-bond donors (Lipinski definition) is 1. The minimum Gasteiger partial charge on any atom is -0.347 e. The number of nitrogens with one attached hydrogen (secondary N) is 1. The van der Waals surface area contributed by atoms with Gasteiger partial charge in [0.25, 0.3) is 0 Å². The average Bonchev–Trinajstić information content (AvgIpc) is 3.11. The van der Waals surface area contributed by atoms with Crippen LogP contribution >= 0.6 is 12.2 Å². The fourth-order valence-corrected chi connectivity index (χ4v) is 2.90. The van der Waals surface area contributed by atoms with Gasteiger partial charge in [-0.3, -0.25) is 5.10 Å². The molecule has 0 saturated carbocycles. The zero-order chi connectivity index (χ0) is 16.2. The van der Waals surface area contributed by atoms with Crippen molar-refractivity contribution in [1.82, 2.24) is 19.4 Å². The van der Waals surface area contributed by atoms with E-state index in [9.17, 15) is 0 Å². The summed E-state index contributed by atoms with van der Waals surface area (Å²) in [7, 11) is 0. The molecule has 23 heavy (non-hydrogen) atoms. The normalized spacial score (nSPS) is 11.7. The molecule has 0 unspecified atom stereocenters. The SMILES string of the molecule is CCCCc1n[nH]c(=S)n1/N=C\c1cn(CC)c2ccccc12. The summed E-state index contributed by atoms with van der Waals surface area (Å²) in [5.74, 6) is 0.882. The lowest BCUT2D eigenvalue weighted by Crippen LogP contribution is -1.99. The summed E-state index contributed by atoms with van der Waals surface area (Å²) in [6.07, 6.45) is 7.06. The lowest BCUT2D eigenvalue weighted by molar-refractivity contribution is 0.700. The van der Waals surface area contributed by atoms with E-state index in [-0.39, 0.29) is 0 Å². The molecule has 0 bridgehead atoms. The maximum absolute atomic E-state index is 5.29. The van der Waals surface area contributed by atoms with Gasteiger partial charge in [0.1, 0.15) is 0 Å². The Morgan fingerprint density at radius 2 is 2.13 bits per heavy atom. The zero-order valence-electron chi connectivity index (χ0n) is 13.5. The van der Waals surface area contributed by atoms with Crippen LogP contribution < -0.4 is 0 Å². The van der Waals surface area contributed by atoms with Crippen molar-refractivity contribution >= 4 is 29.3 Å². The Balaban J connectivity index is 1.98. The summed E-state index contributed by atoms with van der Waals surface area (Å²) in [6, 6.07) is 8.36. The Morgan fingerprint density at radius 1 is 1.30 bits per heavy atom. The quantitative estimate of drug-likeness (QED) is 0.546. The van der Waals surface area contributed by atoms with Gasteiger partial charge in [-0.1, -0.05) is 31.5 Å². The van der Waals surface area contributed by atoms with Crippen molar-refractivity contribution in [3.8, 4) is 0 Å². The fraction of sp³-hybridized carbons (Fsp3) is 0.353.